The van der Waals surface area contributed by atoms with Gasteiger partial charge in [-0.1, -0.05) is 15.9 Å². The van der Waals surface area contributed by atoms with Crippen LogP contribution >= 0.6 is 15.9 Å². The largest absolute Gasteiger partial charge is 0.449 e. The van der Waals surface area contributed by atoms with E-state index < -0.39 is 12.0 Å². The summed E-state index contributed by atoms with van der Waals surface area (Å²) in [5.41, 5.74) is 0.796. The molecule has 1 aromatic carbocycles. The van der Waals surface area contributed by atoms with Gasteiger partial charge in [-0.25, -0.2) is 4.98 Å². The van der Waals surface area contributed by atoms with Crippen LogP contribution in [0, 0.1) is 0 Å². The Labute approximate surface area is 91.8 Å². The summed E-state index contributed by atoms with van der Waals surface area (Å²) < 4.78 is 39.2. The van der Waals surface area contributed by atoms with E-state index in [4.69, 9.17) is 0 Å². The van der Waals surface area contributed by atoms with Gasteiger partial charge in [-0.2, -0.15) is 13.2 Å². The van der Waals surface area contributed by atoms with Gasteiger partial charge in [0.1, 0.15) is 0 Å². The molecule has 0 atom stereocenters. The maximum absolute atomic E-state index is 12.5. The van der Waals surface area contributed by atoms with Crippen molar-refractivity contribution in [2.75, 3.05) is 0 Å². The molecule has 80 valence electrons. The summed E-state index contributed by atoms with van der Waals surface area (Å²) in [6, 6.07) is 4.84. The fraction of sp³-hybridized carbons (Fsp3) is 0.222. The van der Waals surface area contributed by atoms with Crippen LogP contribution in [0.25, 0.3) is 11.0 Å². The van der Waals surface area contributed by atoms with Gasteiger partial charge >= 0.3 is 6.18 Å². The highest BCUT2D eigenvalue weighted by atomic mass is 79.9. The highest BCUT2D eigenvalue weighted by Gasteiger charge is 2.36. The van der Waals surface area contributed by atoms with Crippen LogP contribution in [-0.4, -0.2) is 9.55 Å². The number of rotatable bonds is 0. The lowest BCUT2D eigenvalue weighted by Gasteiger charge is -2.05. The molecule has 0 amide bonds. The van der Waals surface area contributed by atoms with Gasteiger partial charge in [0.2, 0.25) is 5.82 Å². The molecule has 0 spiro atoms. The molecule has 0 bridgehead atoms. The lowest BCUT2D eigenvalue weighted by molar-refractivity contribution is -0.146. The third kappa shape index (κ3) is 1.73. The maximum Gasteiger partial charge on any atom is 0.449 e. The van der Waals surface area contributed by atoms with Crippen molar-refractivity contribution in [1.82, 2.24) is 9.55 Å². The molecule has 0 fully saturated rings. The Morgan fingerprint density at radius 2 is 2.00 bits per heavy atom. The van der Waals surface area contributed by atoms with E-state index in [-0.39, 0.29) is 0 Å². The molecule has 1 aromatic heterocycles. The Morgan fingerprint density at radius 1 is 1.33 bits per heavy atom. The van der Waals surface area contributed by atoms with Gasteiger partial charge in [-0.05, 0) is 18.2 Å². The number of hydrogen-bond donors (Lipinski definition) is 0. The molecule has 0 aliphatic rings. The monoisotopic (exact) mass is 278 g/mol. The normalized spacial score (nSPS) is 12.3. The molecule has 2 aromatic rings. The van der Waals surface area contributed by atoms with Crippen molar-refractivity contribution in [2.24, 2.45) is 7.05 Å². The Kier molecular flexibility index (Phi) is 2.26. The van der Waals surface area contributed by atoms with E-state index >= 15 is 0 Å². The number of imidazole rings is 1. The summed E-state index contributed by atoms with van der Waals surface area (Å²) in [6.07, 6.45) is -4.42. The first-order valence-electron chi connectivity index (χ1n) is 4.09. The molecule has 0 saturated heterocycles. The summed E-state index contributed by atoms with van der Waals surface area (Å²) in [6.45, 7) is 0. The number of fused-ring (bicyclic) bond motifs is 1. The first-order chi connectivity index (χ1) is 6.89. The molecule has 0 N–H and O–H groups in total. The molecule has 2 rings (SSSR count). The third-order valence-electron chi connectivity index (χ3n) is 2.10. The Bertz CT molecular complexity index is 516. The van der Waals surface area contributed by atoms with Crippen molar-refractivity contribution in [3.05, 3.63) is 28.5 Å². The lowest BCUT2D eigenvalue weighted by atomic mass is 10.3. The first kappa shape index (κ1) is 10.5. The van der Waals surface area contributed by atoms with Crippen LogP contribution in [0.5, 0.6) is 0 Å². The maximum atomic E-state index is 12.5. The predicted octanol–water partition coefficient (Wildman–Crippen LogP) is 3.35. The van der Waals surface area contributed by atoms with Gasteiger partial charge in [-0.15, -0.1) is 0 Å². The quantitative estimate of drug-likeness (QED) is 0.723. The Morgan fingerprint density at radius 3 is 2.60 bits per heavy atom. The van der Waals surface area contributed by atoms with Gasteiger partial charge in [0, 0.05) is 11.5 Å². The SMILES string of the molecule is Cn1c(C(F)(F)F)nc2cc(Br)ccc21. The molecule has 0 aliphatic carbocycles. The standard InChI is InChI=1S/C9H6BrF3N2/c1-15-7-3-2-5(10)4-6(7)14-8(15)9(11,12)13/h2-4H,1H3. The fourth-order valence-corrected chi connectivity index (χ4v) is 1.78. The van der Waals surface area contributed by atoms with E-state index in [1.165, 1.54) is 7.05 Å². The zero-order valence-corrected chi connectivity index (χ0v) is 9.22. The minimum atomic E-state index is -4.42. The van der Waals surface area contributed by atoms with Crippen molar-refractivity contribution in [3.63, 3.8) is 0 Å². The number of aromatic nitrogens is 2. The molecular formula is C9H6BrF3N2. The molecule has 0 aliphatic heterocycles. The summed E-state index contributed by atoms with van der Waals surface area (Å²) >= 11 is 3.19. The molecule has 15 heavy (non-hydrogen) atoms. The van der Waals surface area contributed by atoms with Gasteiger partial charge in [-0.3, -0.25) is 0 Å². The van der Waals surface area contributed by atoms with Crippen LogP contribution in [0.4, 0.5) is 13.2 Å². The molecule has 2 nitrogen and oxygen atoms in total. The number of alkyl halides is 3. The number of hydrogen-bond acceptors (Lipinski definition) is 1. The van der Waals surface area contributed by atoms with Gasteiger partial charge < -0.3 is 4.57 Å². The summed E-state index contributed by atoms with van der Waals surface area (Å²) in [5, 5.41) is 0. The van der Waals surface area contributed by atoms with E-state index in [1.54, 1.807) is 18.2 Å². The highest BCUT2D eigenvalue weighted by molar-refractivity contribution is 9.10. The van der Waals surface area contributed by atoms with E-state index in [0.29, 0.717) is 15.5 Å². The molecular weight excluding hydrogens is 273 g/mol. The van der Waals surface area contributed by atoms with E-state index in [2.05, 4.69) is 20.9 Å². The third-order valence-corrected chi connectivity index (χ3v) is 2.59. The van der Waals surface area contributed by atoms with Crippen LogP contribution in [0.1, 0.15) is 5.82 Å². The Hall–Kier alpha value is -1.04. The van der Waals surface area contributed by atoms with Crippen LogP contribution in [0.2, 0.25) is 0 Å². The molecule has 0 saturated carbocycles. The highest BCUT2D eigenvalue weighted by Crippen LogP contribution is 2.31. The second-order valence-corrected chi connectivity index (χ2v) is 4.04. The number of halogens is 4. The number of benzene rings is 1. The topological polar surface area (TPSA) is 17.8 Å². The summed E-state index contributed by atoms with van der Waals surface area (Å²) in [5.74, 6) is -0.879. The fourth-order valence-electron chi connectivity index (χ4n) is 1.43. The number of aryl methyl sites for hydroxylation is 1. The van der Waals surface area contributed by atoms with Crippen LogP contribution in [0.3, 0.4) is 0 Å². The Balaban J connectivity index is 2.75. The summed E-state index contributed by atoms with van der Waals surface area (Å²) in [4.78, 5) is 3.55. The van der Waals surface area contributed by atoms with Crippen LogP contribution < -0.4 is 0 Å². The zero-order chi connectivity index (χ0) is 11.2. The molecule has 0 unspecified atom stereocenters. The first-order valence-corrected chi connectivity index (χ1v) is 4.88. The molecule has 1 heterocycles. The van der Waals surface area contributed by atoms with Crippen LogP contribution in [-0.2, 0) is 13.2 Å². The van der Waals surface area contributed by atoms with Crippen molar-refractivity contribution in [3.8, 4) is 0 Å². The average Bonchev–Trinajstić information content (AvgIpc) is 2.42. The van der Waals surface area contributed by atoms with Crippen molar-refractivity contribution >= 4 is 27.0 Å². The van der Waals surface area contributed by atoms with E-state index in [9.17, 15) is 13.2 Å². The minimum absolute atomic E-state index is 0.333. The van der Waals surface area contributed by atoms with Crippen molar-refractivity contribution in [2.45, 2.75) is 6.18 Å². The summed E-state index contributed by atoms with van der Waals surface area (Å²) in [7, 11) is 1.35. The minimum Gasteiger partial charge on any atom is -0.323 e. The molecule has 6 heteroatoms. The predicted molar refractivity (Wildman–Crippen MR) is 53.4 cm³/mol. The van der Waals surface area contributed by atoms with Crippen LogP contribution in [0.15, 0.2) is 22.7 Å². The average molecular weight is 279 g/mol. The second-order valence-electron chi connectivity index (χ2n) is 3.13. The van der Waals surface area contributed by atoms with Gasteiger partial charge in [0.15, 0.2) is 0 Å². The van der Waals surface area contributed by atoms with Crippen molar-refractivity contribution < 1.29 is 13.2 Å². The number of nitrogens with zero attached hydrogens (tertiary/aromatic N) is 2. The zero-order valence-electron chi connectivity index (χ0n) is 7.64. The van der Waals surface area contributed by atoms with E-state index in [0.717, 1.165) is 4.57 Å². The molecule has 0 radical (unpaired) electrons. The van der Waals surface area contributed by atoms with Crippen molar-refractivity contribution in [1.29, 1.82) is 0 Å². The lowest BCUT2D eigenvalue weighted by Crippen LogP contribution is -2.12. The van der Waals surface area contributed by atoms with Gasteiger partial charge in [0.25, 0.3) is 0 Å². The van der Waals surface area contributed by atoms with Gasteiger partial charge in [0.05, 0.1) is 11.0 Å². The second kappa shape index (κ2) is 3.23. The smallest absolute Gasteiger partial charge is 0.323 e. The van der Waals surface area contributed by atoms with E-state index in [1.807, 2.05) is 0 Å².